The number of aliphatic hydroxyl groups excluding tert-OH is 1. The molecule has 1 aromatic heterocycles. The Morgan fingerprint density at radius 1 is 1.05 bits per heavy atom. The summed E-state index contributed by atoms with van der Waals surface area (Å²) in [6, 6.07) is 0. The molecule has 0 saturated heterocycles. The van der Waals surface area contributed by atoms with Gasteiger partial charge < -0.3 is 15.2 Å². The summed E-state index contributed by atoms with van der Waals surface area (Å²) in [6.45, 7) is 16.2. The maximum Gasteiger partial charge on any atom is 0.338 e. The number of rotatable bonds is 4. The zero-order valence-corrected chi connectivity index (χ0v) is 23.3. The van der Waals surface area contributed by atoms with Gasteiger partial charge in [0.1, 0.15) is 0 Å². The Labute approximate surface area is 228 Å². The first-order chi connectivity index (χ1) is 18.6. The van der Waals surface area contributed by atoms with Crippen LogP contribution in [0.25, 0.3) is 18.2 Å². The highest BCUT2D eigenvalue weighted by molar-refractivity contribution is 6.39. The lowest BCUT2D eigenvalue weighted by atomic mass is 9.83. The molecule has 7 heteroatoms. The highest BCUT2D eigenvalue weighted by Gasteiger charge is 2.38. The number of fused-ring (bicyclic) bond motifs is 5. The molecule has 2 atom stereocenters. The van der Waals surface area contributed by atoms with Crippen molar-refractivity contribution in [1.82, 2.24) is 4.98 Å². The van der Waals surface area contributed by atoms with Gasteiger partial charge in [0.25, 0.3) is 0 Å². The number of allylic oxidation sites excluding steroid dienone is 6. The lowest BCUT2D eigenvalue weighted by Crippen LogP contribution is -2.24. The molecular formula is C32H34N4O3. The third kappa shape index (κ3) is 4.04. The number of aromatic nitrogens is 1. The van der Waals surface area contributed by atoms with Gasteiger partial charge in [-0.15, -0.1) is 0 Å². The predicted molar refractivity (Wildman–Crippen MR) is 159 cm³/mol. The molecule has 1 aromatic rings. The van der Waals surface area contributed by atoms with E-state index in [9.17, 15) is 15.0 Å². The van der Waals surface area contributed by atoms with E-state index in [-0.39, 0.29) is 23.1 Å². The second kappa shape index (κ2) is 9.80. The van der Waals surface area contributed by atoms with Crippen LogP contribution in [0.3, 0.4) is 0 Å². The van der Waals surface area contributed by atoms with Crippen LogP contribution in [0.15, 0.2) is 78.9 Å². The van der Waals surface area contributed by atoms with E-state index in [0.717, 1.165) is 69.9 Å². The molecule has 0 unspecified atom stereocenters. The van der Waals surface area contributed by atoms with E-state index >= 15 is 0 Å². The summed E-state index contributed by atoms with van der Waals surface area (Å²) in [5.74, 6) is -1.05. The van der Waals surface area contributed by atoms with Crippen molar-refractivity contribution in [3.63, 3.8) is 0 Å². The first kappa shape index (κ1) is 26.4. The zero-order chi connectivity index (χ0) is 28.2. The average molecular weight is 523 g/mol. The standard InChI is InChI=1S/C32H34N4O3/c1-8-19-15(4)23-11-25-17(6)21(10-3)30(35-25)22(14-37)31-29(32(38)39)18(7)26(36-31)13-28-20(9-2)16(5)24(34-28)12-27(19)33-23/h8,11-14,17,21,33,37H,1,9-10H2,2-7H3,(H,38,39)/t17-,21-/m0/s1. The normalized spacial score (nSPS) is 23.5. The summed E-state index contributed by atoms with van der Waals surface area (Å²) in [4.78, 5) is 30.8. The lowest BCUT2D eigenvalue weighted by Gasteiger charge is -2.18. The second-order valence-electron chi connectivity index (χ2n) is 10.4. The Kier molecular flexibility index (Phi) is 6.62. The molecule has 5 heterocycles. The van der Waals surface area contributed by atoms with Crippen LogP contribution < -0.4 is 0 Å². The molecule has 7 nitrogen and oxygen atoms in total. The number of aliphatic imine (C=N–C) groups is 3. The van der Waals surface area contributed by atoms with Gasteiger partial charge in [-0.1, -0.05) is 33.4 Å². The summed E-state index contributed by atoms with van der Waals surface area (Å²) >= 11 is 0. The van der Waals surface area contributed by atoms with Gasteiger partial charge in [0, 0.05) is 34.5 Å². The minimum atomic E-state index is -1.09. The van der Waals surface area contributed by atoms with E-state index in [0.29, 0.717) is 22.6 Å². The van der Waals surface area contributed by atoms with E-state index in [1.165, 1.54) is 0 Å². The number of hydrogen-bond donors (Lipinski definition) is 3. The van der Waals surface area contributed by atoms with Crippen molar-refractivity contribution in [2.24, 2.45) is 26.8 Å². The van der Waals surface area contributed by atoms with E-state index < -0.39 is 5.97 Å². The molecule has 200 valence electrons. The number of aromatic amines is 1. The average Bonchev–Trinajstić information content (AvgIpc) is 3.57. The SMILES string of the molecule is C=Cc1c2[nH]c(c1C)C=C1N=C(C(=CO)C3=NC(=CC4=NC(=C2)C(C)=C4CC)C(C)=C3C(=O)O)[C@@H](CC)[C@@H]1C. The summed E-state index contributed by atoms with van der Waals surface area (Å²) in [5.41, 5.74) is 10.9. The molecule has 0 saturated carbocycles. The van der Waals surface area contributed by atoms with Crippen LogP contribution in [-0.2, 0) is 4.79 Å². The van der Waals surface area contributed by atoms with Crippen molar-refractivity contribution in [2.75, 3.05) is 0 Å². The number of carbonyl (C=O) groups is 1. The fourth-order valence-corrected chi connectivity index (χ4v) is 6.07. The first-order valence-electron chi connectivity index (χ1n) is 13.4. The van der Waals surface area contributed by atoms with Crippen LogP contribution >= 0.6 is 0 Å². The van der Waals surface area contributed by atoms with Crippen LogP contribution in [0.1, 0.15) is 70.0 Å². The highest BCUT2D eigenvalue weighted by atomic mass is 16.4. The molecular weight excluding hydrogens is 488 g/mol. The fourth-order valence-electron chi connectivity index (χ4n) is 6.07. The molecule has 0 aliphatic carbocycles. The lowest BCUT2D eigenvalue weighted by molar-refractivity contribution is -0.132. The number of hydrogen-bond acceptors (Lipinski definition) is 5. The van der Waals surface area contributed by atoms with E-state index in [4.69, 9.17) is 15.0 Å². The van der Waals surface area contributed by atoms with Crippen LogP contribution in [0.5, 0.6) is 0 Å². The van der Waals surface area contributed by atoms with Gasteiger partial charge in [-0.05, 0) is 74.1 Å². The number of nitrogens with zero attached hydrogens (tertiary/aromatic N) is 3. The number of carboxylic acids is 1. The fraction of sp³-hybridized carbons (Fsp3) is 0.312. The maximum atomic E-state index is 12.5. The summed E-state index contributed by atoms with van der Waals surface area (Å²) in [5, 5.41) is 20.7. The summed E-state index contributed by atoms with van der Waals surface area (Å²) in [6.07, 6.45) is 10.3. The predicted octanol–water partition coefficient (Wildman–Crippen LogP) is 7.14. The molecule has 39 heavy (non-hydrogen) atoms. The molecule has 0 aromatic carbocycles. The summed E-state index contributed by atoms with van der Waals surface area (Å²) < 4.78 is 0. The molecule has 0 spiro atoms. The number of aliphatic carboxylic acids is 1. The topological polar surface area (TPSA) is 110 Å². The zero-order valence-electron chi connectivity index (χ0n) is 23.3. The quantitative estimate of drug-likeness (QED) is 0.365. The third-order valence-electron chi connectivity index (χ3n) is 8.37. The number of nitrogens with one attached hydrogen (secondary N) is 1. The third-order valence-corrected chi connectivity index (χ3v) is 8.37. The van der Waals surface area contributed by atoms with Crippen molar-refractivity contribution in [3.05, 3.63) is 86.4 Å². The molecule has 4 aliphatic heterocycles. The molecule has 0 fully saturated rings. The molecule has 0 amide bonds. The molecule has 3 N–H and O–H groups in total. The smallest absolute Gasteiger partial charge is 0.338 e. The van der Waals surface area contributed by atoms with Gasteiger partial charge in [-0.25, -0.2) is 14.8 Å². The van der Waals surface area contributed by atoms with Crippen molar-refractivity contribution in [2.45, 2.75) is 54.4 Å². The van der Waals surface area contributed by atoms with Crippen LogP contribution in [0, 0.1) is 18.8 Å². The van der Waals surface area contributed by atoms with Crippen molar-refractivity contribution < 1.29 is 15.0 Å². The molecule has 0 radical (unpaired) electrons. The Morgan fingerprint density at radius 3 is 2.38 bits per heavy atom. The minimum Gasteiger partial charge on any atom is -0.515 e. The Bertz CT molecular complexity index is 1610. The Hall–Kier alpha value is -4.26. The highest BCUT2D eigenvalue weighted by Crippen LogP contribution is 2.40. The van der Waals surface area contributed by atoms with Gasteiger partial charge in [0.2, 0.25) is 0 Å². The van der Waals surface area contributed by atoms with Crippen LogP contribution in [0.4, 0.5) is 0 Å². The van der Waals surface area contributed by atoms with Crippen LogP contribution in [-0.4, -0.2) is 38.3 Å². The van der Waals surface area contributed by atoms with Gasteiger partial charge in [0.05, 0.1) is 45.9 Å². The van der Waals surface area contributed by atoms with Gasteiger partial charge in [-0.3, -0.25) is 4.99 Å². The van der Waals surface area contributed by atoms with E-state index in [1.807, 2.05) is 12.2 Å². The minimum absolute atomic E-state index is 0.00943. The van der Waals surface area contributed by atoms with Crippen molar-refractivity contribution >= 4 is 41.3 Å². The molecule has 8 bridgehead atoms. The van der Waals surface area contributed by atoms with E-state index in [1.54, 1.807) is 6.92 Å². The Morgan fingerprint density at radius 2 is 1.77 bits per heavy atom. The molecule has 4 aliphatic rings. The number of H-pyrrole nitrogens is 1. The summed E-state index contributed by atoms with van der Waals surface area (Å²) in [7, 11) is 0. The van der Waals surface area contributed by atoms with Gasteiger partial charge >= 0.3 is 5.97 Å². The van der Waals surface area contributed by atoms with Crippen LogP contribution in [0.2, 0.25) is 0 Å². The largest absolute Gasteiger partial charge is 0.515 e. The van der Waals surface area contributed by atoms with Gasteiger partial charge in [0.15, 0.2) is 0 Å². The number of aliphatic hydroxyl groups is 1. The van der Waals surface area contributed by atoms with Crippen molar-refractivity contribution in [1.29, 1.82) is 0 Å². The van der Waals surface area contributed by atoms with Crippen molar-refractivity contribution in [3.8, 4) is 0 Å². The molecule has 5 rings (SSSR count). The Balaban J connectivity index is 1.87. The van der Waals surface area contributed by atoms with E-state index in [2.05, 4.69) is 58.3 Å². The van der Waals surface area contributed by atoms with Gasteiger partial charge in [-0.2, -0.15) is 0 Å². The monoisotopic (exact) mass is 522 g/mol. The second-order valence-corrected chi connectivity index (χ2v) is 10.4. The first-order valence-corrected chi connectivity index (χ1v) is 13.4. The maximum absolute atomic E-state index is 12.5. The number of carboxylic acid groups (broad SMARTS) is 1.